The van der Waals surface area contributed by atoms with Gasteiger partial charge in [0.1, 0.15) is 0 Å². The van der Waals surface area contributed by atoms with Gasteiger partial charge < -0.3 is 10.1 Å². The molecule has 29 heavy (non-hydrogen) atoms. The Labute approximate surface area is 173 Å². The molecule has 2 heteroatoms. The topological polar surface area (TPSA) is 21.3 Å². The van der Waals surface area contributed by atoms with Crippen LogP contribution < -0.4 is 15.8 Å². The third-order valence-corrected chi connectivity index (χ3v) is 5.81. The van der Waals surface area contributed by atoms with Gasteiger partial charge >= 0.3 is 0 Å². The van der Waals surface area contributed by atoms with Crippen LogP contribution >= 0.6 is 0 Å². The first kappa shape index (κ1) is 19.5. The highest BCUT2D eigenvalue weighted by Gasteiger charge is 2.17. The summed E-state index contributed by atoms with van der Waals surface area (Å²) in [4.78, 5) is 0. The lowest BCUT2D eigenvalue weighted by atomic mass is 9.84. The summed E-state index contributed by atoms with van der Waals surface area (Å²) in [5, 5.41) is 5.87. The second-order valence-electron chi connectivity index (χ2n) is 7.68. The van der Waals surface area contributed by atoms with Crippen molar-refractivity contribution in [2.24, 2.45) is 5.92 Å². The van der Waals surface area contributed by atoms with E-state index in [1.165, 1.54) is 45.5 Å². The van der Waals surface area contributed by atoms with Crippen molar-refractivity contribution in [3.8, 4) is 11.1 Å². The minimum Gasteiger partial charge on any atom is -0.385 e. The van der Waals surface area contributed by atoms with E-state index in [1.807, 2.05) is 36.7 Å². The number of aryl methyl sites for hydroxylation is 1. The molecule has 1 aliphatic heterocycles. The van der Waals surface area contributed by atoms with Crippen LogP contribution in [-0.4, -0.2) is 13.7 Å². The molecule has 0 radical (unpaired) electrons. The zero-order valence-electron chi connectivity index (χ0n) is 17.1. The molecule has 2 aromatic carbocycles. The maximum Gasteiger partial charge on any atom is 0.0467 e. The van der Waals surface area contributed by atoms with Crippen LogP contribution in [-0.2, 0) is 17.6 Å². The lowest BCUT2D eigenvalue weighted by Gasteiger charge is -2.21. The number of hydrogen-bond donors (Lipinski definition) is 1. The second kappa shape index (κ2) is 9.58. The average Bonchev–Trinajstić information content (AvgIpc) is 3.11. The van der Waals surface area contributed by atoms with E-state index in [4.69, 9.17) is 4.74 Å². The largest absolute Gasteiger partial charge is 0.385 e. The molecule has 0 aromatic heterocycles. The molecule has 0 fully saturated rings. The van der Waals surface area contributed by atoms with Crippen LogP contribution in [0.1, 0.15) is 24.0 Å². The molecule has 1 atom stereocenters. The first-order valence-corrected chi connectivity index (χ1v) is 10.5. The van der Waals surface area contributed by atoms with Gasteiger partial charge in [-0.25, -0.2) is 0 Å². The summed E-state index contributed by atoms with van der Waals surface area (Å²) in [5.74, 6) is 0.657. The van der Waals surface area contributed by atoms with Crippen molar-refractivity contribution < 1.29 is 4.74 Å². The first-order chi connectivity index (χ1) is 14.4. The number of rotatable bonds is 3. The lowest BCUT2D eigenvalue weighted by Crippen LogP contribution is -2.35. The molecule has 1 N–H and O–H groups in total. The van der Waals surface area contributed by atoms with Crippen LogP contribution in [0, 0.1) is 5.92 Å². The van der Waals surface area contributed by atoms with Crippen molar-refractivity contribution in [1.82, 2.24) is 5.32 Å². The fraction of sp³-hybridized carbons (Fsp3) is 0.259. The molecule has 148 valence electrons. The van der Waals surface area contributed by atoms with Crippen molar-refractivity contribution in [2.75, 3.05) is 13.7 Å². The van der Waals surface area contributed by atoms with Gasteiger partial charge in [0.05, 0.1) is 0 Å². The van der Waals surface area contributed by atoms with Gasteiger partial charge in [-0.15, -0.1) is 0 Å². The standard InChI is InChI=1S/C21H22O.C6H7N/c1-22-13-12-15-6-7-17-9-10-19-18-5-3-2-4-16(18)8-11-20(19)21(17)14-15;1-2-4-6-7-5-3-1/h2-5,9-11,14-15H,6-8,12-13H2,1H3;1-7H. The summed E-state index contributed by atoms with van der Waals surface area (Å²) in [6.45, 7) is 0.859. The Balaban J connectivity index is 0.000000249. The Morgan fingerprint density at radius 1 is 0.897 bits per heavy atom. The van der Waals surface area contributed by atoms with Gasteiger partial charge in [0.15, 0.2) is 0 Å². The first-order valence-electron chi connectivity index (χ1n) is 10.5. The Morgan fingerprint density at radius 2 is 1.72 bits per heavy atom. The van der Waals surface area contributed by atoms with Crippen LogP contribution in [0.2, 0.25) is 0 Å². The van der Waals surface area contributed by atoms with Gasteiger partial charge in [0.25, 0.3) is 0 Å². The van der Waals surface area contributed by atoms with Crippen LogP contribution in [0.25, 0.3) is 23.3 Å². The monoisotopic (exact) mass is 383 g/mol. The summed E-state index contributed by atoms with van der Waals surface area (Å²) in [7, 11) is 1.79. The predicted octanol–water partition coefficient (Wildman–Crippen LogP) is 4.24. The summed E-state index contributed by atoms with van der Waals surface area (Å²) in [5.41, 5.74) is 5.78. The van der Waals surface area contributed by atoms with E-state index in [9.17, 15) is 0 Å². The van der Waals surface area contributed by atoms with E-state index in [2.05, 4.69) is 53.9 Å². The molecule has 2 nitrogen and oxygen atoms in total. The third kappa shape index (κ3) is 4.60. The van der Waals surface area contributed by atoms with Gasteiger partial charge in [0, 0.05) is 26.1 Å². The van der Waals surface area contributed by atoms with Crippen molar-refractivity contribution in [3.63, 3.8) is 0 Å². The van der Waals surface area contributed by atoms with E-state index < -0.39 is 0 Å². The quantitative estimate of drug-likeness (QED) is 0.856. The Kier molecular flexibility index (Phi) is 6.43. The van der Waals surface area contributed by atoms with Gasteiger partial charge in [-0.1, -0.05) is 60.7 Å². The number of benzene rings is 2. The number of fused-ring (bicyclic) bond motifs is 5. The number of nitrogens with one attached hydrogen (secondary N) is 1. The zero-order valence-corrected chi connectivity index (χ0v) is 17.1. The van der Waals surface area contributed by atoms with Crippen molar-refractivity contribution in [3.05, 3.63) is 94.7 Å². The fourth-order valence-corrected chi connectivity index (χ4v) is 4.29. The maximum atomic E-state index is 5.26. The Bertz CT molecular complexity index is 1040. The summed E-state index contributed by atoms with van der Waals surface area (Å²) < 4.78 is 5.26. The minimum atomic E-state index is 0.657. The van der Waals surface area contributed by atoms with Crippen molar-refractivity contribution in [1.29, 1.82) is 0 Å². The van der Waals surface area contributed by atoms with E-state index >= 15 is 0 Å². The normalized spacial score (nSPS) is 17.9. The molecule has 2 aromatic rings. The molecule has 0 spiro atoms. The molecule has 1 heterocycles. The predicted molar refractivity (Wildman–Crippen MR) is 123 cm³/mol. The highest BCUT2D eigenvalue weighted by molar-refractivity contribution is 5.74. The number of methoxy groups -OCH3 is 1. The van der Waals surface area contributed by atoms with E-state index in [0.29, 0.717) is 5.92 Å². The average molecular weight is 384 g/mol. The number of allylic oxidation sites excluding steroid dienone is 4. The smallest absolute Gasteiger partial charge is 0.0467 e. The van der Waals surface area contributed by atoms with Gasteiger partial charge in [-0.2, -0.15) is 0 Å². The maximum absolute atomic E-state index is 5.26. The Hall–Kier alpha value is -2.84. The van der Waals surface area contributed by atoms with Crippen LogP contribution in [0.3, 0.4) is 0 Å². The molecule has 0 bridgehead atoms. The highest BCUT2D eigenvalue weighted by Crippen LogP contribution is 2.25. The number of hydrogen-bond acceptors (Lipinski definition) is 2. The lowest BCUT2D eigenvalue weighted by molar-refractivity contribution is 0.184. The van der Waals surface area contributed by atoms with E-state index in [1.54, 1.807) is 7.11 Å². The van der Waals surface area contributed by atoms with Crippen LogP contribution in [0.5, 0.6) is 0 Å². The fourth-order valence-electron chi connectivity index (χ4n) is 4.29. The summed E-state index contributed by atoms with van der Waals surface area (Å²) in [6.07, 6.45) is 21.1. The summed E-state index contributed by atoms with van der Waals surface area (Å²) >= 11 is 0. The van der Waals surface area contributed by atoms with Crippen molar-refractivity contribution >= 4 is 12.2 Å². The molecule has 1 unspecified atom stereocenters. The highest BCUT2D eigenvalue weighted by atomic mass is 16.5. The summed E-state index contributed by atoms with van der Waals surface area (Å²) in [6, 6.07) is 13.5. The molecule has 0 saturated carbocycles. The van der Waals surface area contributed by atoms with Gasteiger partial charge in [0.2, 0.25) is 0 Å². The molecule has 0 amide bonds. The Morgan fingerprint density at radius 3 is 2.55 bits per heavy atom. The van der Waals surface area contributed by atoms with Crippen molar-refractivity contribution in [2.45, 2.75) is 25.7 Å². The van der Waals surface area contributed by atoms with E-state index in [0.717, 1.165) is 19.4 Å². The van der Waals surface area contributed by atoms with Gasteiger partial charge in [-0.05, 0) is 76.4 Å². The van der Waals surface area contributed by atoms with Gasteiger partial charge in [-0.3, -0.25) is 0 Å². The second-order valence-corrected chi connectivity index (χ2v) is 7.68. The SMILES string of the molecule is C1=CC=CNC=C1.COCCC1C=c2c(ccc3c2=CCc2ccccc2-3)CC1. The molecular weight excluding hydrogens is 354 g/mol. The number of ether oxygens (including phenoxy) is 1. The third-order valence-electron chi connectivity index (χ3n) is 5.81. The van der Waals surface area contributed by atoms with E-state index in [-0.39, 0.29) is 0 Å². The molecular formula is C27H29NO. The molecule has 3 aliphatic rings. The molecule has 5 rings (SSSR count). The van der Waals surface area contributed by atoms with Crippen LogP contribution in [0.4, 0.5) is 0 Å². The van der Waals surface area contributed by atoms with Crippen LogP contribution in [0.15, 0.2) is 73.1 Å². The molecule has 2 aliphatic carbocycles. The minimum absolute atomic E-state index is 0.657. The molecule has 0 saturated heterocycles. The zero-order chi connectivity index (χ0) is 19.9.